The van der Waals surface area contributed by atoms with Crippen molar-refractivity contribution in [3.63, 3.8) is 0 Å². The molecule has 41 heavy (non-hydrogen) atoms. The van der Waals surface area contributed by atoms with Crippen LogP contribution < -0.4 is 10.6 Å². The second-order valence-corrected chi connectivity index (χ2v) is 11.2. The van der Waals surface area contributed by atoms with Crippen molar-refractivity contribution >= 4 is 17.6 Å². The Kier molecular flexibility index (Phi) is 6.88. The molecule has 2 N–H and O–H groups in total. The minimum Gasteiger partial charge on any atom is -0.355 e. The lowest BCUT2D eigenvalue weighted by Gasteiger charge is -2.33. The number of rotatable bonds is 7. The van der Waals surface area contributed by atoms with E-state index in [1.165, 1.54) is 16.9 Å². The molecule has 3 aliphatic rings. The molecule has 2 amide bonds. The number of amides is 2. The van der Waals surface area contributed by atoms with Crippen molar-refractivity contribution in [2.45, 2.75) is 75.4 Å². The third kappa shape index (κ3) is 5.86. The van der Waals surface area contributed by atoms with Crippen LogP contribution >= 0.6 is 0 Å². The van der Waals surface area contributed by atoms with Crippen LogP contribution in [-0.4, -0.2) is 60.4 Å². The first-order chi connectivity index (χ1) is 19.5. The van der Waals surface area contributed by atoms with Crippen LogP contribution in [0.15, 0.2) is 17.0 Å². The third-order valence-electron chi connectivity index (χ3n) is 8.17. The van der Waals surface area contributed by atoms with E-state index >= 15 is 0 Å². The molecule has 0 aromatic carbocycles. The largest absolute Gasteiger partial charge is 0.393 e. The summed E-state index contributed by atoms with van der Waals surface area (Å²) in [4.78, 5) is 34.2. The number of halogens is 5. The van der Waals surface area contributed by atoms with Gasteiger partial charge in [0.25, 0.3) is 11.7 Å². The second kappa shape index (κ2) is 10.3. The van der Waals surface area contributed by atoms with Crippen LogP contribution in [0.5, 0.6) is 0 Å². The van der Waals surface area contributed by atoms with E-state index < -0.39 is 48.3 Å². The lowest BCUT2D eigenvalue weighted by Crippen LogP contribution is -2.47. The highest BCUT2D eigenvalue weighted by atomic mass is 19.4. The summed E-state index contributed by atoms with van der Waals surface area (Å²) in [6, 6.07) is -0.772. The molecule has 2 aliphatic carbocycles. The van der Waals surface area contributed by atoms with E-state index in [1.807, 2.05) is 0 Å². The number of alkyl halides is 5. The van der Waals surface area contributed by atoms with Crippen molar-refractivity contribution in [1.82, 2.24) is 40.5 Å². The van der Waals surface area contributed by atoms with Crippen LogP contribution in [0.25, 0.3) is 5.78 Å². The Hall–Kier alpha value is -3.72. The predicted octanol–water partition coefficient (Wildman–Crippen LogP) is 3.54. The molecular weight excluding hydrogens is 555 g/mol. The van der Waals surface area contributed by atoms with E-state index in [9.17, 15) is 31.5 Å². The third-order valence-corrected chi connectivity index (χ3v) is 8.17. The summed E-state index contributed by atoms with van der Waals surface area (Å²) < 4.78 is 73.7. The molecule has 6 rings (SSSR count). The Bertz CT molecular complexity index is 1440. The lowest BCUT2D eigenvalue weighted by molar-refractivity contribution is -0.183. The van der Waals surface area contributed by atoms with Crippen molar-refractivity contribution in [3.05, 3.63) is 35.2 Å². The van der Waals surface area contributed by atoms with Crippen molar-refractivity contribution < 1.29 is 36.2 Å². The monoisotopic (exact) mass is 582 g/mol. The maximum atomic E-state index is 14.0. The maximum absolute atomic E-state index is 14.0. The van der Waals surface area contributed by atoms with Crippen LogP contribution in [-0.2, 0) is 11.2 Å². The minimum absolute atomic E-state index is 0.0452. The van der Waals surface area contributed by atoms with Gasteiger partial charge in [0.05, 0.1) is 35.7 Å². The SMILES string of the molecule is O=C(NC(c1cn2nc(CC3CC(C(F)(F)F)CNC3=O)cnc2n1)C1CCC(F)(F)CC1)c1nonc1C1CC1. The average molecular weight is 583 g/mol. The molecule has 3 unspecified atom stereocenters. The maximum Gasteiger partial charge on any atom is 0.393 e. The number of piperidine rings is 1. The van der Waals surface area contributed by atoms with Gasteiger partial charge in [-0.25, -0.2) is 27.9 Å². The number of nitrogens with zero attached hydrogens (tertiary/aromatic N) is 6. The summed E-state index contributed by atoms with van der Waals surface area (Å²) >= 11 is 0. The number of hydrogen-bond acceptors (Lipinski definition) is 8. The number of hydrogen-bond donors (Lipinski definition) is 2. The van der Waals surface area contributed by atoms with Crippen LogP contribution in [0.4, 0.5) is 22.0 Å². The van der Waals surface area contributed by atoms with Crippen LogP contribution in [0, 0.1) is 17.8 Å². The molecule has 11 nitrogen and oxygen atoms in total. The van der Waals surface area contributed by atoms with Crippen molar-refractivity contribution in [3.8, 4) is 0 Å². The first kappa shape index (κ1) is 27.4. The second-order valence-electron chi connectivity index (χ2n) is 11.2. The van der Waals surface area contributed by atoms with Gasteiger partial charge in [-0.1, -0.05) is 5.16 Å². The zero-order valence-corrected chi connectivity index (χ0v) is 21.7. The zero-order valence-electron chi connectivity index (χ0n) is 21.7. The fourth-order valence-corrected chi connectivity index (χ4v) is 5.68. The highest BCUT2D eigenvalue weighted by molar-refractivity contribution is 5.93. The van der Waals surface area contributed by atoms with E-state index in [-0.39, 0.29) is 67.5 Å². The van der Waals surface area contributed by atoms with Crippen LogP contribution in [0.1, 0.15) is 84.5 Å². The molecule has 1 saturated heterocycles. The molecule has 0 spiro atoms. The van der Waals surface area contributed by atoms with Gasteiger partial charge < -0.3 is 10.6 Å². The van der Waals surface area contributed by atoms with Gasteiger partial charge in [-0.3, -0.25) is 9.59 Å². The number of carbonyl (C=O) groups excluding carboxylic acids is 2. The quantitative estimate of drug-likeness (QED) is 0.403. The highest BCUT2D eigenvalue weighted by Crippen LogP contribution is 2.43. The summed E-state index contributed by atoms with van der Waals surface area (Å²) in [5.74, 6) is -6.53. The molecule has 3 aromatic heterocycles. The average Bonchev–Trinajstić information content (AvgIpc) is 3.48. The summed E-state index contributed by atoms with van der Waals surface area (Å²) in [5.41, 5.74) is 1.12. The van der Waals surface area contributed by atoms with Gasteiger partial charge in [-0.15, -0.1) is 0 Å². The van der Waals surface area contributed by atoms with Gasteiger partial charge in [0.1, 0.15) is 5.69 Å². The van der Waals surface area contributed by atoms with E-state index in [0.29, 0.717) is 11.4 Å². The van der Waals surface area contributed by atoms with E-state index in [4.69, 9.17) is 4.63 Å². The van der Waals surface area contributed by atoms with Crippen molar-refractivity contribution in [2.24, 2.45) is 17.8 Å². The van der Waals surface area contributed by atoms with Crippen molar-refractivity contribution in [2.75, 3.05) is 6.54 Å². The molecule has 4 heterocycles. The molecule has 0 bridgehead atoms. The van der Waals surface area contributed by atoms with Crippen molar-refractivity contribution in [1.29, 1.82) is 0 Å². The normalized spacial score (nSPS) is 24.3. The predicted molar refractivity (Wildman–Crippen MR) is 129 cm³/mol. The Balaban J connectivity index is 1.24. The van der Waals surface area contributed by atoms with Crippen LogP contribution in [0.2, 0.25) is 0 Å². The summed E-state index contributed by atoms with van der Waals surface area (Å²) in [6.07, 6.45) is -0.657. The molecule has 3 aromatic rings. The molecule has 3 atom stereocenters. The van der Waals surface area contributed by atoms with Gasteiger partial charge >= 0.3 is 6.18 Å². The molecule has 1 aliphatic heterocycles. The van der Waals surface area contributed by atoms with Gasteiger partial charge in [-0.2, -0.15) is 18.3 Å². The first-order valence-electron chi connectivity index (χ1n) is 13.5. The summed E-state index contributed by atoms with van der Waals surface area (Å²) in [6.45, 7) is -0.457. The fraction of sp³-hybridized carbons (Fsp3) is 0.640. The Morgan fingerprint density at radius 1 is 1.20 bits per heavy atom. The fourth-order valence-electron chi connectivity index (χ4n) is 5.68. The number of nitrogens with one attached hydrogen (secondary N) is 2. The highest BCUT2D eigenvalue weighted by Gasteiger charge is 2.45. The Morgan fingerprint density at radius 2 is 1.95 bits per heavy atom. The Labute approximate surface area is 229 Å². The molecule has 220 valence electrons. The van der Waals surface area contributed by atoms with Crippen LogP contribution in [0.3, 0.4) is 0 Å². The number of carbonyl (C=O) groups is 2. The molecule has 16 heteroatoms. The van der Waals surface area contributed by atoms with Gasteiger partial charge in [0, 0.05) is 37.6 Å². The summed E-state index contributed by atoms with van der Waals surface area (Å²) in [5, 5.41) is 17.2. The van der Waals surface area contributed by atoms with E-state index in [2.05, 4.69) is 36.0 Å². The lowest BCUT2D eigenvalue weighted by atomic mass is 9.81. The topological polar surface area (TPSA) is 140 Å². The zero-order chi connectivity index (χ0) is 28.9. The molecule has 2 saturated carbocycles. The van der Waals surface area contributed by atoms with E-state index in [0.717, 1.165) is 12.8 Å². The summed E-state index contributed by atoms with van der Waals surface area (Å²) in [7, 11) is 0. The number of fused-ring (bicyclic) bond motifs is 1. The molecule has 0 radical (unpaired) electrons. The standard InChI is InChI=1S/C25H27F5N8O3/c26-24(27)5-3-13(4-6-24)18(34-22(40)20-19(12-1-2-12)36-41-37-20)17-11-38-23(33-17)32-10-16(35-38)8-14-7-15(25(28,29)30)9-31-21(14)39/h10-15,18H,1-9H2,(H,31,39)(H,34,40). The molecular formula is C25H27F5N8O3. The number of imidazole rings is 1. The van der Waals surface area contributed by atoms with Gasteiger partial charge in [-0.05, 0) is 43.2 Å². The van der Waals surface area contributed by atoms with Gasteiger partial charge in [0.15, 0.2) is 5.69 Å². The van der Waals surface area contributed by atoms with Gasteiger partial charge in [0.2, 0.25) is 11.8 Å². The molecule has 3 fully saturated rings. The Morgan fingerprint density at radius 3 is 2.66 bits per heavy atom. The number of aromatic nitrogens is 6. The first-order valence-corrected chi connectivity index (χ1v) is 13.5. The minimum atomic E-state index is -4.43. The van der Waals surface area contributed by atoms with E-state index in [1.54, 1.807) is 0 Å². The smallest absolute Gasteiger partial charge is 0.355 e.